The molecule has 20 heavy (non-hydrogen) atoms. The van der Waals surface area contributed by atoms with Gasteiger partial charge in [0, 0.05) is 5.92 Å². The van der Waals surface area contributed by atoms with Crippen molar-refractivity contribution in [3.63, 3.8) is 0 Å². The van der Waals surface area contributed by atoms with Crippen molar-refractivity contribution in [3.05, 3.63) is 59.9 Å². The Morgan fingerprint density at radius 1 is 1.10 bits per heavy atom. The number of aliphatic hydroxyl groups is 1. The Labute approximate surface area is 117 Å². The lowest BCUT2D eigenvalue weighted by Gasteiger charge is -2.16. The molecule has 0 aliphatic carbocycles. The average molecular weight is 276 g/mol. The summed E-state index contributed by atoms with van der Waals surface area (Å²) in [4.78, 5) is 0. The lowest BCUT2D eigenvalue weighted by molar-refractivity contribution is 0.205. The lowest BCUT2D eigenvalue weighted by atomic mass is 10.0. The van der Waals surface area contributed by atoms with Gasteiger partial charge in [-0.15, -0.1) is 0 Å². The fourth-order valence-corrected chi connectivity index (χ4v) is 1.88. The minimum atomic E-state index is -0.314. The molecule has 1 atom stereocenters. The molecule has 0 aliphatic heterocycles. The number of aliphatic hydroxyl groups excluding tert-OH is 1. The average Bonchev–Trinajstić information content (AvgIpc) is 2.48. The van der Waals surface area contributed by atoms with Gasteiger partial charge in [-0.3, -0.25) is 0 Å². The van der Waals surface area contributed by atoms with Gasteiger partial charge in [0.15, 0.2) is 0 Å². The van der Waals surface area contributed by atoms with Crippen LogP contribution in [0.1, 0.15) is 11.5 Å². The number of benzene rings is 2. The van der Waals surface area contributed by atoms with Crippen molar-refractivity contribution in [1.29, 1.82) is 0 Å². The maximum absolute atomic E-state index is 13.2. The predicted octanol–water partition coefficient (Wildman–Crippen LogP) is 2.99. The highest BCUT2D eigenvalue weighted by Gasteiger charge is 2.12. The summed E-state index contributed by atoms with van der Waals surface area (Å²) in [7, 11) is 1.60. The molecule has 0 heterocycles. The van der Waals surface area contributed by atoms with Crippen LogP contribution in [0.25, 0.3) is 0 Å². The van der Waals surface area contributed by atoms with Gasteiger partial charge in [0.05, 0.1) is 20.3 Å². The summed E-state index contributed by atoms with van der Waals surface area (Å²) >= 11 is 0. The van der Waals surface area contributed by atoms with E-state index in [-0.39, 0.29) is 24.9 Å². The van der Waals surface area contributed by atoms with E-state index in [4.69, 9.17) is 9.47 Å². The van der Waals surface area contributed by atoms with E-state index >= 15 is 0 Å². The summed E-state index contributed by atoms with van der Waals surface area (Å²) in [6, 6.07) is 13.4. The molecule has 0 fully saturated rings. The SMILES string of the molecule is COc1ccc(OCC(CO)c2cccc(F)c2)cc1. The maximum Gasteiger partial charge on any atom is 0.123 e. The molecule has 2 aromatic rings. The van der Waals surface area contributed by atoms with E-state index in [2.05, 4.69) is 0 Å². The Bertz CT molecular complexity index is 540. The van der Waals surface area contributed by atoms with Gasteiger partial charge >= 0.3 is 0 Å². The topological polar surface area (TPSA) is 38.7 Å². The molecule has 0 aromatic heterocycles. The zero-order valence-electron chi connectivity index (χ0n) is 11.3. The van der Waals surface area contributed by atoms with E-state index in [1.165, 1.54) is 12.1 Å². The first kappa shape index (κ1) is 14.3. The highest BCUT2D eigenvalue weighted by Crippen LogP contribution is 2.21. The Morgan fingerprint density at radius 3 is 2.40 bits per heavy atom. The third-order valence-electron chi connectivity index (χ3n) is 3.05. The summed E-state index contributed by atoms with van der Waals surface area (Å²) < 4.78 is 23.9. The van der Waals surface area contributed by atoms with Gasteiger partial charge in [-0.2, -0.15) is 0 Å². The fraction of sp³-hybridized carbons (Fsp3) is 0.250. The van der Waals surface area contributed by atoms with Crippen LogP contribution in [0, 0.1) is 5.82 Å². The van der Waals surface area contributed by atoms with Crippen molar-refractivity contribution in [1.82, 2.24) is 0 Å². The van der Waals surface area contributed by atoms with Crippen LogP contribution in [-0.4, -0.2) is 25.4 Å². The Kier molecular flexibility index (Phi) is 4.96. The molecule has 4 heteroatoms. The first-order valence-corrected chi connectivity index (χ1v) is 6.36. The van der Waals surface area contributed by atoms with Crippen molar-refractivity contribution in [2.45, 2.75) is 5.92 Å². The van der Waals surface area contributed by atoms with Crippen molar-refractivity contribution < 1.29 is 19.0 Å². The Hall–Kier alpha value is -2.07. The minimum absolute atomic E-state index is 0.0976. The molecule has 0 saturated heterocycles. The normalized spacial score (nSPS) is 11.9. The number of hydrogen-bond acceptors (Lipinski definition) is 3. The van der Waals surface area contributed by atoms with Crippen molar-refractivity contribution in [3.8, 4) is 11.5 Å². The van der Waals surface area contributed by atoms with Crippen LogP contribution < -0.4 is 9.47 Å². The van der Waals surface area contributed by atoms with E-state index in [0.717, 1.165) is 11.3 Å². The number of halogens is 1. The van der Waals surface area contributed by atoms with E-state index in [9.17, 15) is 9.50 Å². The van der Waals surface area contributed by atoms with Crippen molar-refractivity contribution >= 4 is 0 Å². The molecule has 0 spiro atoms. The maximum atomic E-state index is 13.2. The highest BCUT2D eigenvalue weighted by atomic mass is 19.1. The van der Waals surface area contributed by atoms with E-state index < -0.39 is 0 Å². The van der Waals surface area contributed by atoms with Crippen molar-refractivity contribution in [2.75, 3.05) is 20.3 Å². The molecule has 0 saturated carbocycles. The Balaban J connectivity index is 1.99. The van der Waals surface area contributed by atoms with Crippen LogP contribution in [-0.2, 0) is 0 Å². The zero-order valence-corrected chi connectivity index (χ0v) is 11.3. The molecule has 2 aromatic carbocycles. The van der Waals surface area contributed by atoms with Gasteiger partial charge in [0.1, 0.15) is 17.3 Å². The molecular formula is C16H17FO3. The number of rotatable bonds is 6. The van der Waals surface area contributed by atoms with Crippen LogP contribution in [0.4, 0.5) is 4.39 Å². The van der Waals surface area contributed by atoms with Crippen LogP contribution in [0.5, 0.6) is 11.5 Å². The summed E-state index contributed by atoms with van der Waals surface area (Å²) in [5.74, 6) is 0.861. The van der Waals surface area contributed by atoms with Gasteiger partial charge in [0.2, 0.25) is 0 Å². The van der Waals surface area contributed by atoms with Crippen molar-refractivity contribution in [2.24, 2.45) is 0 Å². The largest absolute Gasteiger partial charge is 0.497 e. The molecule has 0 amide bonds. The third kappa shape index (κ3) is 3.71. The number of methoxy groups -OCH3 is 1. The van der Waals surface area contributed by atoms with E-state index in [0.29, 0.717) is 5.75 Å². The van der Waals surface area contributed by atoms with Crippen LogP contribution >= 0.6 is 0 Å². The second-order valence-electron chi connectivity index (χ2n) is 4.42. The second-order valence-corrected chi connectivity index (χ2v) is 4.42. The van der Waals surface area contributed by atoms with E-state index in [1.807, 2.05) is 0 Å². The fourth-order valence-electron chi connectivity index (χ4n) is 1.88. The number of ether oxygens (including phenoxy) is 2. The molecule has 0 aliphatic rings. The summed E-state index contributed by atoms with van der Waals surface area (Å²) in [5.41, 5.74) is 0.723. The smallest absolute Gasteiger partial charge is 0.123 e. The zero-order chi connectivity index (χ0) is 14.4. The quantitative estimate of drug-likeness (QED) is 0.881. The monoisotopic (exact) mass is 276 g/mol. The molecule has 106 valence electrons. The van der Waals surface area contributed by atoms with Crippen LogP contribution in [0.15, 0.2) is 48.5 Å². The summed E-state index contributed by atoms with van der Waals surface area (Å²) in [5, 5.41) is 9.41. The minimum Gasteiger partial charge on any atom is -0.497 e. The molecule has 3 nitrogen and oxygen atoms in total. The summed E-state index contributed by atoms with van der Waals surface area (Å²) in [6.07, 6.45) is 0. The molecule has 0 bridgehead atoms. The van der Waals surface area contributed by atoms with Gasteiger partial charge in [0.25, 0.3) is 0 Å². The summed E-state index contributed by atoms with van der Waals surface area (Å²) in [6.45, 7) is 0.186. The lowest BCUT2D eigenvalue weighted by Crippen LogP contribution is -2.14. The molecule has 0 radical (unpaired) electrons. The molecule has 1 N–H and O–H groups in total. The van der Waals surface area contributed by atoms with Gasteiger partial charge in [-0.25, -0.2) is 4.39 Å². The van der Waals surface area contributed by atoms with Crippen LogP contribution in [0.3, 0.4) is 0 Å². The third-order valence-corrected chi connectivity index (χ3v) is 3.05. The molecule has 1 unspecified atom stereocenters. The number of hydrogen-bond donors (Lipinski definition) is 1. The van der Waals surface area contributed by atoms with Gasteiger partial charge in [-0.1, -0.05) is 12.1 Å². The first-order valence-electron chi connectivity index (χ1n) is 6.36. The highest BCUT2D eigenvalue weighted by molar-refractivity contribution is 5.31. The predicted molar refractivity (Wildman–Crippen MR) is 74.7 cm³/mol. The standard InChI is InChI=1S/C16H17FO3/c1-19-15-5-7-16(8-6-15)20-11-13(10-18)12-3-2-4-14(17)9-12/h2-9,13,18H,10-11H2,1H3. The van der Waals surface area contributed by atoms with Gasteiger partial charge < -0.3 is 14.6 Å². The second kappa shape index (κ2) is 6.91. The Morgan fingerprint density at radius 2 is 1.80 bits per heavy atom. The van der Waals surface area contributed by atoms with E-state index in [1.54, 1.807) is 43.5 Å². The molecular weight excluding hydrogens is 259 g/mol. The first-order chi connectivity index (χ1) is 9.72. The van der Waals surface area contributed by atoms with Crippen LogP contribution in [0.2, 0.25) is 0 Å². The van der Waals surface area contributed by atoms with Gasteiger partial charge in [-0.05, 0) is 42.0 Å². The molecule has 2 rings (SSSR count).